The number of rotatable bonds is 13. The third-order valence-corrected chi connectivity index (χ3v) is 7.87. The molecule has 1 aromatic heterocycles. The molecule has 0 aliphatic heterocycles. The van der Waals surface area contributed by atoms with Crippen molar-refractivity contribution in [3.05, 3.63) is 59.5 Å². The molecule has 0 bridgehead atoms. The van der Waals surface area contributed by atoms with Crippen LogP contribution in [0.3, 0.4) is 0 Å². The number of hydrogen-bond acceptors (Lipinski definition) is 11. The van der Waals surface area contributed by atoms with Crippen molar-refractivity contribution in [1.29, 1.82) is 5.26 Å². The van der Waals surface area contributed by atoms with Gasteiger partial charge in [0.1, 0.15) is 22.5 Å². The molecule has 0 spiro atoms. The molecule has 0 aliphatic carbocycles. The van der Waals surface area contributed by atoms with Gasteiger partial charge in [-0.15, -0.1) is 10.2 Å². The predicted molar refractivity (Wildman–Crippen MR) is 149 cm³/mol. The van der Waals surface area contributed by atoms with Crippen molar-refractivity contribution in [2.45, 2.75) is 18.2 Å². The van der Waals surface area contributed by atoms with Crippen LogP contribution in [0, 0.1) is 18.3 Å². The number of sulfone groups is 1. The topological polar surface area (TPSA) is 183 Å². The van der Waals surface area contributed by atoms with E-state index in [0.717, 1.165) is 5.41 Å². The molecular weight excluding hydrogens is 544 g/mol. The molecule has 1 heterocycles. The highest BCUT2D eigenvalue weighted by Crippen LogP contribution is 2.37. The van der Waals surface area contributed by atoms with Gasteiger partial charge in [-0.05, 0) is 25.5 Å². The molecule has 0 radical (unpaired) electrons. The second kappa shape index (κ2) is 12.8. The largest absolute Gasteiger partial charge is 0.385 e. The Bertz CT molecular complexity index is 1660. The number of pyridine rings is 1. The van der Waals surface area contributed by atoms with E-state index in [9.17, 15) is 26.7 Å². The number of hydrogen-bond donors (Lipinski definition) is 3. The minimum atomic E-state index is -4.46. The van der Waals surface area contributed by atoms with Crippen LogP contribution in [0.4, 0.5) is 23.0 Å². The molecule has 39 heavy (non-hydrogen) atoms. The van der Waals surface area contributed by atoms with Crippen molar-refractivity contribution in [2.75, 3.05) is 43.2 Å². The number of fused-ring (bicyclic) bond motifs is 1. The fraction of sp³-hybridized carbons (Fsp3) is 0.280. The molecule has 3 N–H and O–H groups in total. The van der Waals surface area contributed by atoms with Gasteiger partial charge < -0.3 is 15.4 Å². The third-order valence-electron chi connectivity index (χ3n) is 5.67. The lowest BCUT2D eigenvalue weighted by atomic mass is 10.1. The van der Waals surface area contributed by atoms with Crippen LogP contribution in [0.15, 0.2) is 63.5 Å². The summed E-state index contributed by atoms with van der Waals surface area (Å²) < 4.78 is 61.9. The number of nitrogens with zero attached hydrogens (tertiary/aromatic N) is 4. The second-order valence-electron chi connectivity index (χ2n) is 8.31. The third kappa shape index (κ3) is 7.36. The van der Waals surface area contributed by atoms with Crippen molar-refractivity contribution in [1.82, 2.24) is 4.98 Å². The highest BCUT2D eigenvalue weighted by Gasteiger charge is 2.19. The van der Waals surface area contributed by atoms with Gasteiger partial charge in [0, 0.05) is 48.6 Å². The van der Waals surface area contributed by atoms with Gasteiger partial charge in [0.15, 0.2) is 15.7 Å². The van der Waals surface area contributed by atoms with E-state index in [2.05, 4.69) is 38.5 Å². The Morgan fingerprint density at radius 2 is 1.77 bits per heavy atom. The van der Waals surface area contributed by atoms with E-state index in [4.69, 9.17) is 4.74 Å². The minimum Gasteiger partial charge on any atom is -0.385 e. The van der Waals surface area contributed by atoms with Crippen LogP contribution in [0.25, 0.3) is 10.8 Å². The number of methoxy groups -OCH3 is 1. The highest BCUT2D eigenvalue weighted by atomic mass is 32.2. The lowest BCUT2D eigenvalue weighted by molar-refractivity contribution is 0.198. The van der Waals surface area contributed by atoms with Crippen LogP contribution in [0.5, 0.6) is 0 Å². The van der Waals surface area contributed by atoms with E-state index in [1.807, 2.05) is 0 Å². The maximum absolute atomic E-state index is 11.8. The molecule has 3 aromatic rings. The summed E-state index contributed by atoms with van der Waals surface area (Å²) in [7, 11) is -6.33. The molecule has 0 saturated carbocycles. The van der Waals surface area contributed by atoms with Crippen LogP contribution < -0.4 is 10.6 Å². The lowest BCUT2D eigenvalue weighted by Crippen LogP contribution is -2.16. The summed E-state index contributed by atoms with van der Waals surface area (Å²) >= 11 is 0. The molecule has 0 aliphatic rings. The molecular formula is C25H28N6O6S2. The number of nitrogens with one attached hydrogen (secondary N) is 2. The molecule has 0 saturated heterocycles. The molecule has 0 atom stereocenters. The summed E-state index contributed by atoms with van der Waals surface area (Å²) in [5.74, 6) is 0.261. The monoisotopic (exact) mass is 572 g/mol. The summed E-state index contributed by atoms with van der Waals surface area (Å²) in [4.78, 5) is 4.24. The number of azo groups is 1. The first-order valence-electron chi connectivity index (χ1n) is 11.7. The molecule has 12 nitrogen and oxygen atoms in total. The number of anilines is 2. The molecule has 206 valence electrons. The Kier molecular flexibility index (Phi) is 9.71. The number of nitriles is 1. The lowest BCUT2D eigenvalue weighted by Gasteiger charge is -2.15. The highest BCUT2D eigenvalue weighted by molar-refractivity contribution is 7.94. The molecule has 2 aromatic carbocycles. The summed E-state index contributed by atoms with van der Waals surface area (Å²) in [6, 6.07) is 11.3. The fourth-order valence-corrected chi connectivity index (χ4v) is 4.94. The van der Waals surface area contributed by atoms with E-state index in [-0.39, 0.29) is 39.6 Å². The smallest absolute Gasteiger partial charge is 0.295 e. The quantitative estimate of drug-likeness (QED) is 0.150. The van der Waals surface area contributed by atoms with Crippen LogP contribution in [0.1, 0.15) is 17.5 Å². The molecule has 0 unspecified atom stereocenters. The van der Waals surface area contributed by atoms with E-state index in [0.29, 0.717) is 42.0 Å². The van der Waals surface area contributed by atoms with Gasteiger partial charge in [-0.3, -0.25) is 4.55 Å². The van der Waals surface area contributed by atoms with Gasteiger partial charge in [0.05, 0.1) is 17.0 Å². The summed E-state index contributed by atoms with van der Waals surface area (Å²) in [5, 5.41) is 26.2. The Morgan fingerprint density at radius 1 is 1.08 bits per heavy atom. The summed E-state index contributed by atoms with van der Waals surface area (Å²) in [6.07, 6.45) is 0.649. The van der Waals surface area contributed by atoms with E-state index >= 15 is 0 Å². The molecule has 0 fully saturated rings. The van der Waals surface area contributed by atoms with Crippen molar-refractivity contribution < 1.29 is 26.1 Å². The molecule has 3 rings (SSSR count). The van der Waals surface area contributed by atoms with Crippen LogP contribution in [0.2, 0.25) is 0 Å². The van der Waals surface area contributed by atoms with E-state index in [1.165, 1.54) is 12.1 Å². The van der Waals surface area contributed by atoms with Crippen LogP contribution >= 0.6 is 0 Å². The van der Waals surface area contributed by atoms with E-state index < -0.39 is 20.0 Å². The Hall–Kier alpha value is -3.90. The van der Waals surface area contributed by atoms with Gasteiger partial charge in [0.2, 0.25) is 0 Å². The van der Waals surface area contributed by atoms with Gasteiger partial charge in [0.25, 0.3) is 10.1 Å². The van der Waals surface area contributed by atoms with Crippen LogP contribution in [-0.2, 0) is 24.7 Å². The van der Waals surface area contributed by atoms with Gasteiger partial charge >= 0.3 is 0 Å². The number of aromatic nitrogens is 1. The Morgan fingerprint density at radius 3 is 2.41 bits per heavy atom. The maximum atomic E-state index is 11.8. The fourth-order valence-electron chi connectivity index (χ4n) is 3.69. The number of benzene rings is 2. The predicted octanol–water partition coefficient (Wildman–Crippen LogP) is 4.50. The first-order chi connectivity index (χ1) is 18.5. The van der Waals surface area contributed by atoms with E-state index in [1.54, 1.807) is 38.3 Å². The SMILES string of the molecule is C=CS(=O)(=O)CCNc1nc(NCCCOC)c(/N=N/c2ccc(S(=O)(=O)O)c3ccccc23)c(C)c1C#N. The first-order valence-corrected chi connectivity index (χ1v) is 14.9. The Labute approximate surface area is 227 Å². The van der Waals surface area contributed by atoms with Gasteiger partial charge in [-0.25, -0.2) is 13.4 Å². The van der Waals surface area contributed by atoms with Crippen molar-refractivity contribution in [3.63, 3.8) is 0 Å². The van der Waals surface area contributed by atoms with Crippen LogP contribution in [-0.4, -0.2) is 58.9 Å². The molecule has 14 heteroatoms. The second-order valence-corrected chi connectivity index (χ2v) is 11.8. The maximum Gasteiger partial charge on any atom is 0.295 e. The molecule has 0 amide bonds. The zero-order valence-electron chi connectivity index (χ0n) is 21.4. The average Bonchev–Trinajstić information content (AvgIpc) is 2.90. The van der Waals surface area contributed by atoms with Gasteiger partial charge in [-0.1, -0.05) is 30.8 Å². The van der Waals surface area contributed by atoms with Crippen molar-refractivity contribution >= 4 is 53.7 Å². The van der Waals surface area contributed by atoms with Crippen molar-refractivity contribution in [2.24, 2.45) is 10.2 Å². The van der Waals surface area contributed by atoms with Gasteiger partial charge in [-0.2, -0.15) is 13.7 Å². The summed E-state index contributed by atoms with van der Waals surface area (Å²) in [5.41, 5.74) is 1.21. The van der Waals surface area contributed by atoms with Crippen molar-refractivity contribution in [3.8, 4) is 6.07 Å². The standard InChI is InChI=1S/C25H28N6O6S2/c1-4-38(32,33)15-13-28-24-20(16-26)17(2)23(25(29-24)27-12-7-14-37-3)31-30-21-10-11-22(39(34,35)36)19-9-6-5-8-18(19)21/h4-6,8-11H,1,7,12-15H2,2-3H3,(H2,27,28,29)(H,34,35,36)/b31-30+. The zero-order valence-corrected chi connectivity index (χ0v) is 23.0. The normalized spacial score (nSPS) is 11.9. The zero-order chi connectivity index (χ0) is 28.6. The summed E-state index contributed by atoms with van der Waals surface area (Å²) in [6.45, 7) is 5.92. The first kappa shape index (κ1) is 29.7. The average molecular weight is 573 g/mol. The number of ether oxygens (including phenoxy) is 1. The Balaban J connectivity index is 2.08. The minimum absolute atomic E-state index is 0.00551.